The van der Waals surface area contributed by atoms with Crippen LogP contribution in [0.2, 0.25) is 0 Å². The minimum absolute atomic E-state index is 0.0174. The Kier molecular flexibility index (Phi) is 4.40. The van der Waals surface area contributed by atoms with E-state index in [1.165, 1.54) is 0 Å². The van der Waals surface area contributed by atoms with Gasteiger partial charge in [0.1, 0.15) is 5.82 Å². The van der Waals surface area contributed by atoms with Crippen LogP contribution in [-0.4, -0.2) is 15.5 Å². The van der Waals surface area contributed by atoms with E-state index in [0.717, 1.165) is 17.2 Å². The molecule has 0 saturated heterocycles. The molecule has 1 heterocycles. The van der Waals surface area contributed by atoms with Crippen LogP contribution in [0.25, 0.3) is 0 Å². The predicted molar refractivity (Wildman–Crippen MR) is 80.4 cm³/mol. The largest absolute Gasteiger partial charge is 0.378 e. The summed E-state index contributed by atoms with van der Waals surface area (Å²) in [6.45, 7) is 4.41. The average Bonchev–Trinajstić information content (AvgIpc) is 2.83. The van der Waals surface area contributed by atoms with E-state index in [4.69, 9.17) is 0 Å². The Balaban J connectivity index is 1.91. The fourth-order valence-corrected chi connectivity index (χ4v) is 1.71. The molecule has 2 aromatic rings. The molecule has 0 aliphatic heterocycles. The molecule has 0 radical (unpaired) electrons. The number of aromatic nitrogens is 2. The van der Waals surface area contributed by atoms with Gasteiger partial charge in [0.05, 0.1) is 6.54 Å². The molecule has 1 aromatic carbocycles. The highest BCUT2D eigenvalue weighted by Crippen LogP contribution is 2.15. The van der Waals surface area contributed by atoms with Crippen molar-refractivity contribution in [1.29, 1.82) is 0 Å². The molecule has 5 nitrogen and oxygen atoms in total. The molecule has 0 spiro atoms. The standard InChI is InChI=1S/C15H20N4O/c1-11(2)15(20)18-13-6-4-12(5-7-13)17-10-14-16-8-9-19(14)3/h4-9,11,17H,10H2,1-3H3,(H,18,20). The van der Waals surface area contributed by atoms with Gasteiger partial charge in [0.2, 0.25) is 5.91 Å². The van der Waals surface area contributed by atoms with Crippen LogP contribution in [0.1, 0.15) is 19.7 Å². The maximum Gasteiger partial charge on any atom is 0.226 e. The zero-order valence-electron chi connectivity index (χ0n) is 12.1. The van der Waals surface area contributed by atoms with Crippen LogP contribution in [-0.2, 0) is 18.4 Å². The Morgan fingerprint density at radius 2 is 1.90 bits per heavy atom. The van der Waals surface area contributed by atoms with E-state index in [9.17, 15) is 4.79 Å². The maximum absolute atomic E-state index is 11.6. The lowest BCUT2D eigenvalue weighted by atomic mass is 10.2. The van der Waals surface area contributed by atoms with Crippen molar-refractivity contribution in [3.05, 3.63) is 42.5 Å². The summed E-state index contributed by atoms with van der Waals surface area (Å²) in [6.07, 6.45) is 3.70. The van der Waals surface area contributed by atoms with Crippen LogP contribution < -0.4 is 10.6 Å². The summed E-state index contributed by atoms with van der Waals surface area (Å²) in [5, 5.41) is 6.16. The van der Waals surface area contributed by atoms with Gasteiger partial charge in [-0.15, -0.1) is 0 Å². The average molecular weight is 272 g/mol. The van der Waals surface area contributed by atoms with Crippen LogP contribution in [0.15, 0.2) is 36.7 Å². The second-order valence-electron chi connectivity index (χ2n) is 5.03. The molecule has 0 unspecified atom stereocenters. The Hall–Kier alpha value is -2.30. The van der Waals surface area contributed by atoms with Crippen molar-refractivity contribution in [2.45, 2.75) is 20.4 Å². The third-order valence-corrected chi connectivity index (χ3v) is 3.05. The monoisotopic (exact) mass is 272 g/mol. The van der Waals surface area contributed by atoms with E-state index in [-0.39, 0.29) is 11.8 Å². The SMILES string of the molecule is CC(C)C(=O)Nc1ccc(NCc2nccn2C)cc1. The van der Waals surface area contributed by atoms with Crippen molar-refractivity contribution < 1.29 is 4.79 Å². The predicted octanol–water partition coefficient (Wildman–Crippen LogP) is 2.63. The topological polar surface area (TPSA) is 59.0 Å². The molecule has 0 aliphatic rings. The quantitative estimate of drug-likeness (QED) is 0.879. The third kappa shape index (κ3) is 3.60. The molecule has 20 heavy (non-hydrogen) atoms. The molecule has 1 amide bonds. The molecular formula is C15H20N4O. The van der Waals surface area contributed by atoms with Crippen molar-refractivity contribution in [2.75, 3.05) is 10.6 Å². The lowest BCUT2D eigenvalue weighted by molar-refractivity contribution is -0.118. The van der Waals surface area contributed by atoms with Crippen LogP contribution in [0.3, 0.4) is 0 Å². The second kappa shape index (κ2) is 6.23. The van der Waals surface area contributed by atoms with E-state index in [2.05, 4.69) is 15.6 Å². The highest BCUT2D eigenvalue weighted by molar-refractivity contribution is 5.92. The Bertz CT molecular complexity index is 572. The summed E-state index contributed by atoms with van der Waals surface area (Å²) in [7, 11) is 1.97. The first-order valence-corrected chi connectivity index (χ1v) is 6.67. The molecule has 5 heteroatoms. The summed E-state index contributed by atoms with van der Waals surface area (Å²) >= 11 is 0. The van der Waals surface area contributed by atoms with Gasteiger partial charge in [-0.2, -0.15) is 0 Å². The van der Waals surface area contributed by atoms with Crippen LogP contribution >= 0.6 is 0 Å². The summed E-state index contributed by atoms with van der Waals surface area (Å²) in [6, 6.07) is 7.67. The number of hydrogen-bond acceptors (Lipinski definition) is 3. The maximum atomic E-state index is 11.6. The number of carbonyl (C=O) groups excluding carboxylic acids is 1. The highest BCUT2D eigenvalue weighted by Gasteiger charge is 2.06. The van der Waals surface area contributed by atoms with Crippen molar-refractivity contribution in [3.63, 3.8) is 0 Å². The molecule has 0 aliphatic carbocycles. The van der Waals surface area contributed by atoms with E-state index in [0.29, 0.717) is 6.54 Å². The number of benzene rings is 1. The lowest BCUT2D eigenvalue weighted by Gasteiger charge is -2.10. The fourth-order valence-electron chi connectivity index (χ4n) is 1.71. The van der Waals surface area contributed by atoms with Gasteiger partial charge < -0.3 is 15.2 Å². The fraction of sp³-hybridized carbons (Fsp3) is 0.333. The van der Waals surface area contributed by atoms with Crippen molar-refractivity contribution in [1.82, 2.24) is 9.55 Å². The van der Waals surface area contributed by atoms with Gasteiger partial charge in [-0.3, -0.25) is 4.79 Å². The normalized spacial score (nSPS) is 10.6. The molecular weight excluding hydrogens is 252 g/mol. The summed E-state index contributed by atoms with van der Waals surface area (Å²) < 4.78 is 1.98. The van der Waals surface area contributed by atoms with Gasteiger partial charge in [-0.1, -0.05) is 13.8 Å². The van der Waals surface area contributed by atoms with Crippen LogP contribution in [0.5, 0.6) is 0 Å². The third-order valence-electron chi connectivity index (χ3n) is 3.05. The summed E-state index contributed by atoms with van der Waals surface area (Å²) in [5.74, 6) is 0.983. The van der Waals surface area contributed by atoms with E-state index < -0.39 is 0 Å². The molecule has 1 aromatic heterocycles. The Labute approximate surface area is 119 Å². The number of imidazole rings is 1. The van der Waals surface area contributed by atoms with Crippen LogP contribution in [0.4, 0.5) is 11.4 Å². The number of anilines is 2. The molecule has 0 bridgehead atoms. The number of hydrogen-bond donors (Lipinski definition) is 2. The smallest absolute Gasteiger partial charge is 0.226 e. The van der Waals surface area contributed by atoms with Gasteiger partial charge in [0.25, 0.3) is 0 Å². The Morgan fingerprint density at radius 3 is 2.45 bits per heavy atom. The molecule has 106 valence electrons. The number of aryl methyl sites for hydroxylation is 1. The lowest BCUT2D eigenvalue weighted by Crippen LogP contribution is -2.17. The number of carbonyl (C=O) groups is 1. The highest BCUT2D eigenvalue weighted by atomic mass is 16.1. The van der Waals surface area contributed by atoms with Gasteiger partial charge in [0, 0.05) is 36.7 Å². The minimum Gasteiger partial charge on any atom is -0.378 e. The van der Waals surface area contributed by atoms with Gasteiger partial charge in [0.15, 0.2) is 0 Å². The summed E-state index contributed by atoms with van der Waals surface area (Å²) in [5.41, 5.74) is 1.81. The molecule has 2 rings (SSSR count). The Morgan fingerprint density at radius 1 is 1.25 bits per heavy atom. The van der Waals surface area contributed by atoms with Crippen molar-refractivity contribution >= 4 is 17.3 Å². The summed E-state index contributed by atoms with van der Waals surface area (Å²) in [4.78, 5) is 15.8. The molecule has 0 saturated carbocycles. The number of nitrogens with zero attached hydrogens (tertiary/aromatic N) is 2. The van der Waals surface area contributed by atoms with Crippen LogP contribution in [0, 0.1) is 5.92 Å². The second-order valence-corrected chi connectivity index (χ2v) is 5.03. The first-order valence-electron chi connectivity index (χ1n) is 6.67. The number of amides is 1. The van der Waals surface area contributed by atoms with Gasteiger partial charge in [-0.05, 0) is 24.3 Å². The van der Waals surface area contributed by atoms with Gasteiger partial charge in [-0.25, -0.2) is 4.98 Å². The zero-order chi connectivity index (χ0) is 14.5. The number of rotatable bonds is 5. The van der Waals surface area contributed by atoms with E-state index in [1.54, 1.807) is 6.20 Å². The number of nitrogens with one attached hydrogen (secondary N) is 2. The molecule has 0 atom stereocenters. The van der Waals surface area contributed by atoms with Crippen molar-refractivity contribution in [2.24, 2.45) is 13.0 Å². The first-order chi connectivity index (χ1) is 9.56. The van der Waals surface area contributed by atoms with E-state index >= 15 is 0 Å². The van der Waals surface area contributed by atoms with Gasteiger partial charge >= 0.3 is 0 Å². The first kappa shape index (κ1) is 14.1. The molecule has 2 N–H and O–H groups in total. The van der Waals surface area contributed by atoms with E-state index in [1.807, 2.05) is 55.9 Å². The minimum atomic E-state index is -0.0174. The zero-order valence-corrected chi connectivity index (χ0v) is 12.1. The molecule has 0 fully saturated rings. The van der Waals surface area contributed by atoms with Crippen molar-refractivity contribution in [3.8, 4) is 0 Å².